The van der Waals surface area contributed by atoms with Gasteiger partial charge in [-0.2, -0.15) is 0 Å². The first kappa shape index (κ1) is 55.0. The highest BCUT2D eigenvalue weighted by Crippen LogP contribution is 2.34. The molecule has 1 fully saturated rings. The molecule has 8 rings (SSSR count). The summed E-state index contributed by atoms with van der Waals surface area (Å²) < 4.78 is 61.3. The van der Waals surface area contributed by atoms with E-state index in [1.807, 2.05) is 212 Å². The molecule has 15 heteroatoms. The summed E-state index contributed by atoms with van der Waals surface area (Å²) in [6, 6.07) is 66.2. The topological polar surface area (TPSA) is 181 Å². The highest BCUT2D eigenvalue weighted by molar-refractivity contribution is 5.19. The molecule has 0 N–H and O–H groups in total. The Kier molecular flexibility index (Phi) is 22.4. The lowest BCUT2D eigenvalue weighted by molar-refractivity contribution is -0.311. The van der Waals surface area contributed by atoms with Crippen LogP contribution < -0.4 is 0 Å². The lowest BCUT2D eigenvalue weighted by atomic mass is 9.96. The first-order valence-corrected chi connectivity index (χ1v) is 25.5. The Morgan fingerprint density at radius 3 is 1.24 bits per heavy atom. The molecule has 1 aliphatic heterocycles. The van der Waals surface area contributed by atoms with E-state index in [2.05, 4.69) is 20.1 Å². The Bertz CT molecular complexity index is 2780. The van der Waals surface area contributed by atoms with Crippen molar-refractivity contribution in [2.24, 2.45) is 10.2 Å². The van der Waals surface area contributed by atoms with Crippen molar-refractivity contribution in [2.45, 2.75) is 101 Å². The number of hydrogen-bond donors (Lipinski definition) is 0. The van der Waals surface area contributed by atoms with Crippen LogP contribution in [0.4, 0.5) is 0 Å². The molecule has 392 valence electrons. The second-order valence-corrected chi connectivity index (χ2v) is 18.2. The van der Waals surface area contributed by atoms with Gasteiger partial charge in [-0.1, -0.05) is 223 Å². The predicted octanol–water partition coefficient (Wildman–Crippen LogP) is 12.4. The molecule has 0 spiro atoms. The Morgan fingerprint density at radius 2 is 0.803 bits per heavy atom. The number of nitrogens with zero attached hydrogens (tertiary/aromatic N) is 6. The molecular formula is C61H64N6O9. The lowest BCUT2D eigenvalue weighted by Gasteiger charge is -2.46. The zero-order valence-corrected chi connectivity index (χ0v) is 42.3. The zero-order valence-electron chi connectivity index (χ0n) is 42.3. The van der Waals surface area contributed by atoms with Crippen molar-refractivity contribution in [3.63, 3.8) is 0 Å². The van der Waals surface area contributed by atoms with Crippen LogP contribution in [-0.2, 0) is 88.9 Å². The summed E-state index contributed by atoms with van der Waals surface area (Å²) in [5.41, 5.74) is 27.1. The van der Waals surface area contributed by atoms with Gasteiger partial charge >= 0.3 is 0 Å². The molecule has 1 aliphatic rings. The van der Waals surface area contributed by atoms with Crippen LogP contribution in [0.25, 0.3) is 20.9 Å². The molecule has 0 saturated carbocycles. The van der Waals surface area contributed by atoms with Gasteiger partial charge < -0.3 is 42.6 Å². The minimum Gasteiger partial charge on any atom is -0.376 e. The van der Waals surface area contributed by atoms with Crippen LogP contribution in [0.2, 0.25) is 0 Å². The standard InChI is InChI=1S/C61H64N6O9/c62-66-64-53(43-68-36-46-22-8-1-9-23-46)57(71-39-49-28-14-4-15-29-49)58(72-40-50-30-16-5-17-31-50)54(44-69-37-47-24-10-2-11-25-47)75-61-56(65-67-63)60(74-42-52-34-20-7-21-35-52)59(73-41-51-32-18-6-19-33-51)55(76-61)45-70-38-48-26-12-3-13-27-48/h1-35,53-61H,36-45H2/t53-,54-,55-,56-,57-,58-,59-,60-,61-/m1/s1. The van der Waals surface area contributed by atoms with Gasteiger partial charge in [0.05, 0.1) is 78.2 Å². The SMILES string of the molecule is [N-]=[N+]=N[C@H]1[C@H](O[C@H](COCc2ccccc2)[C@@H](OCc2ccccc2)[C@H](OCc2ccccc2)[C@@H](COCc2ccccc2)N=[N+]=[N-])O[C@H](COCc2ccccc2)[C@@H](OCc2ccccc2)[C@@H]1OCc1ccccc1. The third-order valence-electron chi connectivity index (χ3n) is 12.7. The van der Waals surface area contributed by atoms with Crippen LogP contribution in [0, 0.1) is 0 Å². The summed E-state index contributed by atoms with van der Waals surface area (Å²) >= 11 is 0. The van der Waals surface area contributed by atoms with E-state index >= 15 is 0 Å². The smallest absolute Gasteiger partial charge is 0.169 e. The zero-order chi connectivity index (χ0) is 52.2. The maximum absolute atomic E-state index is 10.4. The molecule has 7 aromatic carbocycles. The average molecular weight is 1030 g/mol. The Hall–Kier alpha value is -7.20. The van der Waals surface area contributed by atoms with Crippen molar-refractivity contribution in [2.75, 3.05) is 19.8 Å². The quantitative estimate of drug-likeness (QED) is 0.0232. The maximum atomic E-state index is 10.4. The highest BCUT2D eigenvalue weighted by Gasteiger charge is 2.50. The van der Waals surface area contributed by atoms with E-state index in [1.54, 1.807) is 0 Å². The molecule has 1 heterocycles. The minimum absolute atomic E-state index is 0.0425. The molecule has 0 aromatic heterocycles. The van der Waals surface area contributed by atoms with Crippen molar-refractivity contribution in [1.29, 1.82) is 0 Å². The van der Waals surface area contributed by atoms with Crippen LogP contribution >= 0.6 is 0 Å². The largest absolute Gasteiger partial charge is 0.376 e. The summed E-state index contributed by atoms with van der Waals surface area (Å²) in [4.78, 5) is 6.70. The molecule has 76 heavy (non-hydrogen) atoms. The van der Waals surface area contributed by atoms with Crippen molar-refractivity contribution in [3.8, 4) is 0 Å². The molecule has 0 radical (unpaired) electrons. The Labute approximate surface area is 444 Å². The van der Waals surface area contributed by atoms with Gasteiger partial charge in [0.15, 0.2) is 6.29 Å². The lowest BCUT2D eigenvalue weighted by Crippen LogP contribution is -2.62. The van der Waals surface area contributed by atoms with Crippen LogP contribution in [0.15, 0.2) is 223 Å². The van der Waals surface area contributed by atoms with Crippen LogP contribution in [0.5, 0.6) is 0 Å². The average Bonchev–Trinajstić information content (AvgIpc) is 3.48. The molecule has 0 aliphatic carbocycles. The number of hydrogen-bond acceptors (Lipinski definition) is 11. The fraction of sp³-hybridized carbons (Fsp3) is 0.311. The fourth-order valence-corrected chi connectivity index (χ4v) is 8.87. The van der Waals surface area contributed by atoms with E-state index in [9.17, 15) is 11.1 Å². The van der Waals surface area contributed by atoms with E-state index in [0.29, 0.717) is 0 Å². The minimum atomic E-state index is -1.31. The van der Waals surface area contributed by atoms with Gasteiger partial charge in [0, 0.05) is 9.82 Å². The molecule has 9 atom stereocenters. The van der Waals surface area contributed by atoms with E-state index in [4.69, 9.17) is 42.6 Å². The van der Waals surface area contributed by atoms with Gasteiger partial charge in [0.1, 0.15) is 36.6 Å². The molecule has 15 nitrogen and oxygen atoms in total. The van der Waals surface area contributed by atoms with Crippen molar-refractivity contribution in [1.82, 2.24) is 0 Å². The van der Waals surface area contributed by atoms with E-state index in [-0.39, 0.29) is 66.1 Å². The number of ether oxygens (including phenoxy) is 9. The molecule has 0 bridgehead atoms. The van der Waals surface area contributed by atoms with E-state index in [1.165, 1.54) is 0 Å². The summed E-state index contributed by atoms with van der Waals surface area (Å²) in [6.45, 7) is 1.21. The monoisotopic (exact) mass is 1020 g/mol. The third kappa shape index (κ3) is 17.4. The Morgan fingerprint density at radius 1 is 0.421 bits per heavy atom. The summed E-state index contributed by atoms with van der Waals surface area (Å²) in [6.07, 6.45) is -7.06. The summed E-state index contributed by atoms with van der Waals surface area (Å²) in [5, 5.41) is 8.74. The van der Waals surface area contributed by atoms with Gasteiger partial charge in [-0.05, 0) is 50.0 Å². The molecular weight excluding hydrogens is 961 g/mol. The van der Waals surface area contributed by atoms with E-state index < -0.39 is 55.0 Å². The van der Waals surface area contributed by atoms with Crippen LogP contribution in [0.3, 0.4) is 0 Å². The van der Waals surface area contributed by atoms with E-state index in [0.717, 1.165) is 38.9 Å². The predicted molar refractivity (Wildman–Crippen MR) is 288 cm³/mol. The van der Waals surface area contributed by atoms with Crippen molar-refractivity contribution in [3.05, 3.63) is 272 Å². The first-order chi connectivity index (χ1) is 37.6. The second kappa shape index (κ2) is 31.0. The van der Waals surface area contributed by atoms with Gasteiger partial charge in [0.2, 0.25) is 0 Å². The van der Waals surface area contributed by atoms with Crippen LogP contribution in [-0.4, -0.2) is 74.8 Å². The van der Waals surface area contributed by atoms with Gasteiger partial charge in [0.25, 0.3) is 0 Å². The maximum Gasteiger partial charge on any atom is 0.169 e. The van der Waals surface area contributed by atoms with Gasteiger partial charge in [-0.15, -0.1) is 0 Å². The van der Waals surface area contributed by atoms with Crippen molar-refractivity contribution < 1.29 is 42.6 Å². The third-order valence-corrected chi connectivity index (χ3v) is 12.7. The van der Waals surface area contributed by atoms with Crippen molar-refractivity contribution >= 4 is 0 Å². The number of azide groups is 2. The Balaban J connectivity index is 1.20. The van der Waals surface area contributed by atoms with Gasteiger partial charge in [-0.3, -0.25) is 0 Å². The normalized spacial score (nSPS) is 18.8. The molecule has 1 saturated heterocycles. The highest BCUT2D eigenvalue weighted by atomic mass is 16.7. The van der Waals surface area contributed by atoms with Crippen LogP contribution in [0.1, 0.15) is 38.9 Å². The second-order valence-electron chi connectivity index (χ2n) is 18.2. The molecule has 7 aromatic rings. The fourth-order valence-electron chi connectivity index (χ4n) is 8.87. The number of rotatable bonds is 31. The summed E-state index contributed by atoms with van der Waals surface area (Å²) in [7, 11) is 0. The molecule has 0 unspecified atom stereocenters. The first-order valence-electron chi connectivity index (χ1n) is 25.5. The number of benzene rings is 7. The van der Waals surface area contributed by atoms with Gasteiger partial charge in [-0.25, -0.2) is 0 Å². The summed E-state index contributed by atoms with van der Waals surface area (Å²) in [5.74, 6) is 0. The molecule has 0 amide bonds.